The van der Waals surface area contributed by atoms with Crippen molar-refractivity contribution in [3.05, 3.63) is 0 Å². The SMILES string of the molecule is CCCCCCCCCC(O[Si](C)(C)C(C)(C)C)C1OC1C(O)CCCC(C)C. The lowest BCUT2D eigenvalue weighted by Gasteiger charge is -2.39. The molecule has 0 radical (unpaired) electrons. The summed E-state index contributed by atoms with van der Waals surface area (Å²) < 4.78 is 12.8. The lowest BCUT2D eigenvalue weighted by molar-refractivity contribution is 0.121. The average Bonchev–Trinajstić information content (AvgIpc) is 3.39. The first kappa shape index (κ1) is 27.1. The number of aliphatic hydroxyl groups excluding tert-OH is 1. The van der Waals surface area contributed by atoms with Crippen LogP contribution in [0.15, 0.2) is 0 Å². The summed E-state index contributed by atoms with van der Waals surface area (Å²) >= 11 is 0. The molecule has 0 bridgehead atoms. The molecule has 1 saturated heterocycles. The first-order valence-corrected chi connectivity index (χ1v) is 15.4. The number of epoxide rings is 1. The molecule has 0 spiro atoms. The van der Waals surface area contributed by atoms with E-state index in [9.17, 15) is 5.11 Å². The van der Waals surface area contributed by atoms with Gasteiger partial charge in [-0.1, -0.05) is 99.3 Å². The number of aliphatic hydroxyl groups is 1. The maximum Gasteiger partial charge on any atom is 0.192 e. The molecule has 3 nitrogen and oxygen atoms in total. The lowest BCUT2D eigenvalue weighted by Crippen LogP contribution is -2.45. The fourth-order valence-electron chi connectivity index (χ4n) is 3.79. The highest BCUT2D eigenvalue weighted by Crippen LogP contribution is 2.41. The molecule has 0 aromatic heterocycles. The van der Waals surface area contributed by atoms with E-state index in [-0.39, 0.29) is 29.5 Å². The number of hydrogen-bond acceptors (Lipinski definition) is 3. The first-order valence-electron chi connectivity index (χ1n) is 12.5. The van der Waals surface area contributed by atoms with Gasteiger partial charge in [0.25, 0.3) is 0 Å². The Balaban J connectivity index is 2.53. The molecule has 4 unspecified atom stereocenters. The summed E-state index contributed by atoms with van der Waals surface area (Å²) in [4.78, 5) is 0. The van der Waals surface area contributed by atoms with Crippen molar-refractivity contribution in [1.82, 2.24) is 0 Å². The second-order valence-corrected chi connectivity index (χ2v) is 16.0. The van der Waals surface area contributed by atoms with Gasteiger partial charge in [0.15, 0.2) is 8.32 Å². The van der Waals surface area contributed by atoms with E-state index in [1.54, 1.807) is 0 Å². The van der Waals surface area contributed by atoms with Crippen LogP contribution in [-0.2, 0) is 9.16 Å². The zero-order valence-corrected chi connectivity index (χ0v) is 21.9. The highest BCUT2D eigenvalue weighted by molar-refractivity contribution is 6.74. The van der Waals surface area contributed by atoms with E-state index < -0.39 is 8.32 Å². The number of unbranched alkanes of at least 4 members (excludes halogenated alkanes) is 6. The second-order valence-electron chi connectivity index (χ2n) is 11.3. The summed E-state index contributed by atoms with van der Waals surface area (Å²) in [5.74, 6) is 0.699. The fourth-order valence-corrected chi connectivity index (χ4v) is 5.15. The summed E-state index contributed by atoms with van der Waals surface area (Å²) in [6.45, 7) is 18.3. The molecule has 1 rings (SSSR count). The van der Waals surface area contributed by atoms with Crippen molar-refractivity contribution in [1.29, 1.82) is 0 Å². The monoisotopic (exact) mass is 428 g/mol. The zero-order chi connectivity index (χ0) is 22.1. The van der Waals surface area contributed by atoms with Gasteiger partial charge in [0.1, 0.15) is 12.2 Å². The largest absolute Gasteiger partial charge is 0.411 e. The van der Waals surface area contributed by atoms with Gasteiger partial charge in [-0.25, -0.2) is 0 Å². The Morgan fingerprint density at radius 3 is 2.00 bits per heavy atom. The summed E-state index contributed by atoms with van der Waals surface area (Å²) in [5, 5.41) is 10.8. The highest BCUT2D eigenvalue weighted by atomic mass is 28.4. The second kappa shape index (κ2) is 12.8. The van der Waals surface area contributed by atoms with Crippen molar-refractivity contribution in [2.75, 3.05) is 0 Å². The Morgan fingerprint density at radius 1 is 0.862 bits per heavy atom. The topological polar surface area (TPSA) is 42.0 Å². The maximum absolute atomic E-state index is 10.6. The van der Waals surface area contributed by atoms with Crippen LogP contribution in [0.4, 0.5) is 0 Å². The molecule has 4 atom stereocenters. The van der Waals surface area contributed by atoms with Crippen LogP contribution in [0.5, 0.6) is 0 Å². The predicted octanol–water partition coefficient (Wildman–Crippen LogP) is 7.47. The van der Waals surface area contributed by atoms with Gasteiger partial charge in [-0.3, -0.25) is 0 Å². The van der Waals surface area contributed by atoms with Crippen molar-refractivity contribution in [2.45, 2.75) is 155 Å². The van der Waals surface area contributed by atoms with Crippen LogP contribution in [0.3, 0.4) is 0 Å². The number of rotatable bonds is 16. The van der Waals surface area contributed by atoms with Gasteiger partial charge in [-0.2, -0.15) is 0 Å². The van der Waals surface area contributed by atoms with Crippen LogP contribution in [0.1, 0.15) is 112 Å². The third-order valence-electron chi connectivity index (χ3n) is 6.93. The molecule has 1 aliphatic heterocycles. The predicted molar refractivity (Wildman–Crippen MR) is 128 cm³/mol. The highest BCUT2D eigenvalue weighted by Gasteiger charge is 2.51. The summed E-state index contributed by atoms with van der Waals surface area (Å²) in [6.07, 6.45) is 13.3. The Hall–Kier alpha value is 0.0969. The van der Waals surface area contributed by atoms with E-state index in [4.69, 9.17) is 9.16 Å². The van der Waals surface area contributed by atoms with E-state index in [0.717, 1.165) is 19.3 Å². The molecular formula is C25H52O3Si. The lowest BCUT2D eigenvalue weighted by atomic mass is 9.99. The van der Waals surface area contributed by atoms with Crippen molar-refractivity contribution in [2.24, 2.45) is 5.92 Å². The molecule has 174 valence electrons. The first-order chi connectivity index (χ1) is 13.5. The Morgan fingerprint density at radius 2 is 1.45 bits per heavy atom. The third kappa shape index (κ3) is 10.3. The average molecular weight is 429 g/mol. The van der Waals surface area contributed by atoms with Crippen LogP contribution < -0.4 is 0 Å². The van der Waals surface area contributed by atoms with Crippen molar-refractivity contribution in [3.8, 4) is 0 Å². The van der Waals surface area contributed by atoms with Crippen molar-refractivity contribution in [3.63, 3.8) is 0 Å². The van der Waals surface area contributed by atoms with Crippen LogP contribution >= 0.6 is 0 Å². The van der Waals surface area contributed by atoms with Gasteiger partial charge in [0.05, 0.1) is 12.2 Å². The molecule has 0 saturated carbocycles. The molecule has 0 aliphatic carbocycles. The standard InChI is InChI=1S/C25H52O3Si/c1-9-10-11-12-13-14-15-19-22(28-29(7,8)25(4,5)6)24-23(27-24)21(26)18-16-17-20(2)3/h20-24,26H,9-19H2,1-8H3. The normalized spacial score (nSPS) is 22.1. The van der Waals surface area contributed by atoms with Gasteiger partial charge in [-0.05, 0) is 36.9 Å². The molecule has 0 aromatic rings. The van der Waals surface area contributed by atoms with Gasteiger partial charge in [0.2, 0.25) is 0 Å². The van der Waals surface area contributed by atoms with Gasteiger partial charge < -0.3 is 14.3 Å². The Labute approximate surface area is 183 Å². The minimum atomic E-state index is -1.84. The molecule has 1 N–H and O–H groups in total. The maximum atomic E-state index is 10.6. The quantitative estimate of drug-likeness (QED) is 0.157. The van der Waals surface area contributed by atoms with Gasteiger partial charge in [-0.15, -0.1) is 0 Å². The molecule has 29 heavy (non-hydrogen) atoms. The van der Waals surface area contributed by atoms with E-state index in [2.05, 4.69) is 54.6 Å². The minimum absolute atomic E-state index is 0.0125. The Kier molecular flexibility index (Phi) is 12.0. The fraction of sp³-hybridized carbons (Fsp3) is 1.00. The Bertz CT molecular complexity index is 430. The molecule has 1 aliphatic rings. The van der Waals surface area contributed by atoms with Crippen LogP contribution in [0.25, 0.3) is 0 Å². The van der Waals surface area contributed by atoms with Crippen LogP contribution in [0, 0.1) is 5.92 Å². The third-order valence-corrected chi connectivity index (χ3v) is 11.4. The minimum Gasteiger partial charge on any atom is -0.411 e. The van der Waals surface area contributed by atoms with Crippen molar-refractivity contribution >= 4 is 8.32 Å². The van der Waals surface area contributed by atoms with Crippen LogP contribution in [-0.4, -0.2) is 37.8 Å². The summed E-state index contributed by atoms with van der Waals surface area (Å²) in [6, 6.07) is 0. The number of ether oxygens (including phenoxy) is 1. The van der Waals surface area contributed by atoms with Gasteiger partial charge >= 0.3 is 0 Å². The van der Waals surface area contributed by atoms with Crippen molar-refractivity contribution < 1.29 is 14.3 Å². The molecule has 1 fully saturated rings. The molecule has 0 amide bonds. The summed E-state index contributed by atoms with van der Waals surface area (Å²) in [7, 11) is -1.84. The molecular weight excluding hydrogens is 376 g/mol. The molecule has 0 aromatic carbocycles. The van der Waals surface area contributed by atoms with Gasteiger partial charge in [0, 0.05) is 0 Å². The smallest absolute Gasteiger partial charge is 0.192 e. The molecule has 4 heteroatoms. The zero-order valence-electron chi connectivity index (χ0n) is 20.9. The van der Waals surface area contributed by atoms with E-state index in [1.807, 2.05) is 0 Å². The molecule has 1 heterocycles. The van der Waals surface area contributed by atoms with E-state index in [1.165, 1.54) is 51.4 Å². The summed E-state index contributed by atoms with van der Waals surface area (Å²) in [5.41, 5.74) is 0. The van der Waals surface area contributed by atoms with E-state index >= 15 is 0 Å². The number of hydrogen-bond donors (Lipinski definition) is 1. The van der Waals surface area contributed by atoms with E-state index in [0.29, 0.717) is 5.92 Å². The van der Waals surface area contributed by atoms with Crippen LogP contribution in [0.2, 0.25) is 18.1 Å².